The molecule has 0 radical (unpaired) electrons. The minimum absolute atomic E-state index is 0.0244. The zero-order valence-electron chi connectivity index (χ0n) is 18.4. The van der Waals surface area contributed by atoms with Crippen LogP contribution in [-0.2, 0) is 22.3 Å². The van der Waals surface area contributed by atoms with E-state index in [-0.39, 0.29) is 18.9 Å². The number of aromatic amines is 1. The third-order valence-electron chi connectivity index (χ3n) is 6.85. The van der Waals surface area contributed by atoms with Crippen molar-refractivity contribution in [1.82, 2.24) is 14.2 Å². The Morgan fingerprint density at radius 3 is 2.52 bits per heavy atom. The fraction of sp³-hybridized carbons (Fsp3) is 0.333. The third kappa shape index (κ3) is 3.56. The molecule has 8 nitrogen and oxygen atoms in total. The standard InChI is InChI=1S/C24H24N4O4S/c1-24(2)19-11-16(14-27-7-9-28(10-8-27)33(30,31)32)4-5-17(19)22(29)21-18-6-3-15(13-25)12-20(18)26-23(21)24/h3-6,11-12,26H,7-10,14H2,1-2H3,(H,30,31,32). The molecule has 1 aliphatic heterocycles. The first-order valence-electron chi connectivity index (χ1n) is 10.8. The van der Waals surface area contributed by atoms with Crippen LogP contribution in [0.25, 0.3) is 10.9 Å². The number of hydrogen-bond donors (Lipinski definition) is 2. The van der Waals surface area contributed by atoms with Crippen molar-refractivity contribution in [1.29, 1.82) is 5.26 Å². The van der Waals surface area contributed by atoms with Gasteiger partial charge < -0.3 is 4.98 Å². The van der Waals surface area contributed by atoms with Crippen LogP contribution in [-0.4, -0.2) is 59.1 Å². The Labute approximate surface area is 192 Å². The normalized spacial score (nSPS) is 18.7. The van der Waals surface area contributed by atoms with Gasteiger partial charge >= 0.3 is 10.3 Å². The van der Waals surface area contributed by atoms with Crippen molar-refractivity contribution in [3.63, 3.8) is 0 Å². The van der Waals surface area contributed by atoms with Crippen molar-refractivity contribution in [2.75, 3.05) is 26.2 Å². The number of carbonyl (C=O) groups excluding carboxylic acids is 1. The smallest absolute Gasteiger partial charge is 0.335 e. The fourth-order valence-electron chi connectivity index (χ4n) is 5.02. The monoisotopic (exact) mass is 464 g/mol. The molecule has 0 amide bonds. The zero-order chi connectivity index (χ0) is 23.5. The number of nitrogens with one attached hydrogen (secondary N) is 1. The summed E-state index contributed by atoms with van der Waals surface area (Å²) in [5, 5.41) is 10.1. The van der Waals surface area contributed by atoms with Gasteiger partial charge in [-0.25, -0.2) is 0 Å². The Balaban J connectivity index is 1.47. The average Bonchev–Trinajstić information content (AvgIpc) is 3.17. The van der Waals surface area contributed by atoms with Gasteiger partial charge in [0.25, 0.3) is 0 Å². The van der Waals surface area contributed by atoms with E-state index >= 15 is 0 Å². The summed E-state index contributed by atoms with van der Waals surface area (Å²) in [7, 11) is -4.15. The molecule has 0 unspecified atom stereocenters. The highest BCUT2D eigenvalue weighted by Gasteiger charge is 2.39. The van der Waals surface area contributed by atoms with Crippen LogP contribution in [0.4, 0.5) is 0 Å². The van der Waals surface area contributed by atoms with Crippen LogP contribution in [0.2, 0.25) is 0 Å². The topological polar surface area (TPSA) is 118 Å². The van der Waals surface area contributed by atoms with Crippen LogP contribution in [0.3, 0.4) is 0 Å². The van der Waals surface area contributed by atoms with E-state index in [0.717, 1.165) is 32.0 Å². The number of H-pyrrole nitrogens is 1. The van der Waals surface area contributed by atoms with Crippen molar-refractivity contribution < 1.29 is 17.8 Å². The molecule has 1 saturated heterocycles. The lowest BCUT2D eigenvalue weighted by atomic mass is 9.71. The van der Waals surface area contributed by atoms with E-state index in [0.29, 0.717) is 36.3 Å². The summed E-state index contributed by atoms with van der Waals surface area (Å²) in [5.74, 6) is -0.0244. The zero-order valence-corrected chi connectivity index (χ0v) is 19.2. The van der Waals surface area contributed by atoms with E-state index in [1.54, 1.807) is 12.1 Å². The van der Waals surface area contributed by atoms with Gasteiger partial charge in [-0.05, 0) is 23.3 Å². The molecule has 0 saturated carbocycles. The van der Waals surface area contributed by atoms with Crippen LogP contribution in [0.15, 0.2) is 36.4 Å². The van der Waals surface area contributed by atoms with Gasteiger partial charge in [0.2, 0.25) is 0 Å². The van der Waals surface area contributed by atoms with Gasteiger partial charge in [0.15, 0.2) is 5.78 Å². The molecule has 2 aliphatic rings. The van der Waals surface area contributed by atoms with E-state index in [9.17, 15) is 23.0 Å². The molecule has 9 heteroatoms. The first-order chi connectivity index (χ1) is 15.6. The van der Waals surface area contributed by atoms with Gasteiger partial charge in [0.1, 0.15) is 0 Å². The molecule has 2 aromatic carbocycles. The fourth-order valence-corrected chi connectivity index (χ4v) is 5.65. The minimum Gasteiger partial charge on any atom is -0.357 e. The highest BCUT2D eigenvalue weighted by molar-refractivity contribution is 7.83. The Morgan fingerprint density at radius 2 is 1.85 bits per heavy atom. The number of nitriles is 1. The minimum atomic E-state index is -4.15. The summed E-state index contributed by atoms with van der Waals surface area (Å²) in [5.41, 5.74) is 5.07. The number of aromatic nitrogens is 1. The summed E-state index contributed by atoms with van der Waals surface area (Å²) < 4.78 is 33.0. The number of benzene rings is 2. The van der Waals surface area contributed by atoms with Gasteiger partial charge in [-0.15, -0.1) is 0 Å². The van der Waals surface area contributed by atoms with Gasteiger partial charge in [-0.1, -0.05) is 38.1 Å². The number of rotatable bonds is 3. The Kier molecular flexibility index (Phi) is 4.95. The number of piperazine rings is 1. The molecule has 0 spiro atoms. The molecule has 1 aromatic heterocycles. The van der Waals surface area contributed by atoms with Gasteiger partial charge in [0.05, 0.1) is 17.2 Å². The summed E-state index contributed by atoms with van der Waals surface area (Å²) in [6.07, 6.45) is 0. The molecule has 5 rings (SSSR count). The summed E-state index contributed by atoms with van der Waals surface area (Å²) in [4.78, 5) is 19.0. The second-order valence-corrected chi connectivity index (χ2v) is 10.6. The lowest BCUT2D eigenvalue weighted by Crippen LogP contribution is -2.48. The van der Waals surface area contributed by atoms with E-state index in [1.807, 2.05) is 18.2 Å². The molecular formula is C24H24N4O4S. The van der Waals surface area contributed by atoms with Crippen LogP contribution in [0, 0.1) is 11.3 Å². The number of nitrogens with zero attached hydrogens (tertiary/aromatic N) is 3. The molecule has 3 aromatic rings. The second-order valence-electron chi connectivity index (χ2n) is 9.23. The SMILES string of the molecule is CC1(C)c2cc(CN3CCN(S(=O)(=O)O)CC3)ccc2C(=O)c2c1[nH]c1cc(C#N)ccc21. The number of hydrogen-bond acceptors (Lipinski definition) is 5. The first kappa shape index (κ1) is 21.8. The van der Waals surface area contributed by atoms with Crippen LogP contribution in [0.5, 0.6) is 0 Å². The van der Waals surface area contributed by atoms with E-state index < -0.39 is 15.7 Å². The van der Waals surface area contributed by atoms with E-state index in [1.165, 1.54) is 0 Å². The maximum atomic E-state index is 13.5. The lowest BCUT2D eigenvalue weighted by molar-refractivity contribution is 0.103. The molecule has 1 aliphatic carbocycles. The van der Waals surface area contributed by atoms with Crippen LogP contribution in [0.1, 0.15) is 52.2 Å². The van der Waals surface area contributed by atoms with Crippen molar-refractivity contribution in [2.45, 2.75) is 25.8 Å². The first-order valence-corrected chi connectivity index (χ1v) is 12.2. The van der Waals surface area contributed by atoms with Crippen molar-refractivity contribution in [3.8, 4) is 6.07 Å². The van der Waals surface area contributed by atoms with Gasteiger partial charge in [-0.2, -0.15) is 18.0 Å². The summed E-state index contributed by atoms with van der Waals surface area (Å²) >= 11 is 0. The van der Waals surface area contributed by atoms with Crippen LogP contribution >= 0.6 is 0 Å². The number of carbonyl (C=O) groups is 1. The molecule has 1 fully saturated rings. The van der Waals surface area contributed by atoms with Crippen molar-refractivity contribution >= 4 is 27.0 Å². The molecule has 2 heterocycles. The number of fused-ring (bicyclic) bond motifs is 4. The quantitative estimate of drug-likeness (QED) is 0.576. The Hall–Kier alpha value is -3.03. The van der Waals surface area contributed by atoms with Crippen LogP contribution < -0.4 is 0 Å². The predicted octanol–water partition coefficient (Wildman–Crippen LogP) is 2.83. The van der Waals surface area contributed by atoms with Crippen molar-refractivity contribution in [3.05, 3.63) is 69.9 Å². The van der Waals surface area contributed by atoms with E-state index in [4.69, 9.17) is 0 Å². The molecule has 0 atom stereocenters. The maximum absolute atomic E-state index is 13.5. The van der Waals surface area contributed by atoms with Crippen molar-refractivity contribution in [2.24, 2.45) is 0 Å². The predicted molar refractivity (Wildman–Crippen MR) is 123 cm³/mol. The van der Waals surface area contributed by atoms with Gasteiger partial charge in [-0.3, -0.25) is 14.2 Å². The second kappa shape index (κ2) is 7.50. The maximum Gasteiger partial charge on any atom is 0.335 e. The highest BCUT2D eigenvalue weighted by Crippen LogP contribution is 2.44. The lowest BCUT2D eigenvalue weighted by Gasteiger charge is -2.34. The molecule has 33 heavy (non-hydrogen) atoms. The number of ketones is 1. The summed E-state index contributed by atoms with van der Waals surface area (Å²) in [6, 6.07) is 13.4. The summed E-state index contributed by atoms with van der Waals surface area (Å²) in [6.45, 7) is 6.34. The van der Waals surface area contributed by atoms with E-state index in [2.05, 4.69) is 35.9 Å². The Morgan fingerprint density at radius 1 is 1.12 bits per heavy atom. The average molecular weight is 465 g/mol. The molecule has 2 N–H and O–H groups in total. The molecular weight excluding hydrogens is 440 g/mol. The van der Waals surface area contributed by atoms with Gasteiger partial charge in [0, 0.05) is 60.3 Å². The molecule has 170 valence electrons. The Bertz CT molecular complexity index is 1440. The third-order valence-corrected chi connectivity index (χ3v) is 7.86. The largest absolute Gasteiger partial charge is 0.357 e. The highest BCUT2D eigenvalue weighted by atomic mass is 32.2. The molecule has 0 bridgehead atoms.